The first-order chi connectivity index (χ1) is 15.0. The Morgan fingerprint density at radius 1 is 0.742 bits per heavy atom. The molecule has 0 aliphatic heterocycles. The highest BCUT2D eigenvalue weighted by atomic mass is 16.5. The smallest absolute Gasteiger partial charge is 0.144 e. The van der Waals surface area contributed by atoms with Gasteiger partial charge in [-0.2, -0.15) is 0 Å². The molecule has 1 heterocycles. The zero-order valence-electron chi connectivity index (χ0n) is 19.0. The number of benzene rings is 3. The van der Waals surface area contributed by atoms with Crippen molar-refractivity contribution in [2.75, 3.05) is 7.11 Å². The third kappa shape index (κ3) is 4.13. The minimum Gasteiger partial charge on any atom is -0.497 e. The fourth-order valence-electron chi connectivity index (χ4n) is 4.09. The number of hydrogen-bond donors (Lipinski definition) is 0. The Kier molecular flexibility index (Phi) is 5.94. The summed E-state index contributed by atoms with van der Waals surface area (Å²) >= 11 is 0. The van der Waals surface area contributed by atoms with Gasteiger partial charge in [0.05, 0.1) is 12.8 Å². The van der Waals surface area contributed by atoms with Crippen molar-refractivity contribution in [2.45, 2.75) is 39.5 Å². The standard InChI is InChI=1S/C28H30N2O/c1-19(2)25-17-23(22-12-9-13-24(16-22)31-5)18-26(20(3)4)27(25)30-15-14-29-28(30)21-10-7-6-8-11-21/h6-20H,1-5H3. The lowest BCUT2D eigenvalue weighted by Crippen LogP contribution is -2.08. The molecule has 4 rings (SSSR count). The Labute approximate surface area is 185 Å². The monoisotopic (exact) mass is 410 g/mol. The SMILES string of the molecule is COc1cccc(-c2cc(C(C)C)c(-n3ccnc3-c3ccccc3)c(C(C)C)c2)c1. The van der Waals surface area contributed by atoms with Crippen LogP contribution in [-0.2, 0) is 0 Å². The second kappa shape index (κ2) is 8.81. The molecular weight excluding hydrogens is 380 g/mol. The highest BCUT2D eigenvalue weighted by Gasteiger charge is 2.20. The molecule has 0 saturated carbocycles. The molecule has 31 heavy (non-hydrogen) atoms. The zero-order chi connectivity index (χ0) is 22.0. The predicted octanol–water partition coefficient (Wildman–Crippen LogP) is 7.46. The van der Waals surface area contributed by atoms with Gasteiger partial charge in [-0.1, -0.05) is 70.2 Å². The third-order valence-corrected chi connectivity index (χ3v) is 5.73. The molecule has 1 aromatic heterocycles. The van der Waals surface area contributed by atoms with Gasteiger partial charge in [-0.15, -0.1) is 0 Å². The maximum atomic E-state index is 5.47. The van der Waals surface area contributed by atoms with Crippen LogP contribution >= 0.6 is 0 Å². The maximum absolute atomic E-state index is 5.47. The number of rotatable bonds is 6. The number of nitrogens with zero attached hydrogens (tertiary/aromatic N) is 2. The fourth-order valence-corrected chi connectivity index (χ4v) is 4.09. The number of methoxy groups -OCH3 is 1. The van der Waals surface area contributed by atoms with E-state index < -0.39 is 0 Å². The highest BCUT2D eigenvalue weighted by Crippen LogP contribution is 2.38. The lowest BCUT2D eigenvalue weighted by molar-refractivity contribution is 0.415. The molecule has 0 N–H and O–H groups in total. The van der Waals surface area contributed by atoms with Crippen molar-refractivity contribution in [3.63, 3.8) is 0 Å². The highest BCUT2D eigenvalue weighted by molar-refractivity contribution is 5.72. The lowest BCUT2D eigenvalue weighted by atomic mass is 9.88. The Balaban J connectivity index is 1.97. The molecule has 0 unspecified atom stereocenters. The maximum Gasteiger partial charge on any atom is 0.144 e. The summed E-state index contributed by atoms with van der Waals surface area (Å²) in [5.74, 6) is 2.58. The van der Waals surface area contributed by atoms with Crippen LogP contribution in [0, 0.1) is 0 Å². The molecule has 0 aliphatic carbocycles. The van der Waals surface area contributed by atoms with Crippen molar-refractivity contribution in [1.82, 2.24) is 9.55 Å². The summed E-state index contributed by atoms with van der Waals surface area (Å²) in [5.41, 5.74) is 7.39. The van der Waals surface area contributed by atoms with Gasteiger partial charge >= 0.3 is 0 Å². The molecule has 0 saturated heterocycles. The molecule has 3 heteroatoms. The molecule has 0 aliphatic rings. The van der Waals surface area contributed by atoms with Gasteiger partial charge < -0.3 is 4.74 Å². The van der Waals surface area contributed by atoms with E-state index in [-0.39, 0.29) is 0 Å². The molecule has 0 amide bonds. The van der Waals surface area contributed by atoms with Crippen molar-refractivity contribution < 1.29 is 4.74 Å². The van der Waals surface area contributed by atoms with E-state index in [1.807, 2.05) is 18.3 Å². The van der Waals surface area contributed by atoms with E-state index in [1.54, 1.807) is 7.11 Å². The van der Waals surface area contributed by atoms with Gasteiger partial charge in [-0.3, -0.25) is 4.57 Å². The van der Waals surface area contributed by atoms with Gasteiger partial charge in [0.2, 0.25) is 0 Å². The zero-order valence-corrected chi connectivity index (χ0v) is 19.0. The average molecular weight is 411 g/mol. The van der Waals surface area contributed by atoms with Crippen LogP contribution in [0.25, 0.3) is 28.2 Å². The van der Waals surface area contributed by atoms with E-state index in [9.17, 15) is 0 Å². The first-order valence-corrected chi connectivity index (χ1v) is 10.9. The second-order valence-electron chi connectivity index (χ2n) is 8.53. The first kappa shape index (κ1) is 20.9. The van der Waals surface area contributed by atoms with E-state index in [0.717, 1.165) is 17.1 Å². The van der Waals surface area contributed by atoms with Gasteiger partial charge in [0, 0.05) is 18.0 Å². The van der Waals surface area contributed by atoms with Crippen molar-refractivity contribution in [1.29, 1.82) is 0 Å². The topological polar surface area (TPSA) is 27.1 Å². The number of hydrogen-bond acceptors (Lipinski definition) is 2. The van der Waals surface area contributed by atoms with E-state index >= 15 is 0 Å². The Hall–Kier alpha value is -3.33. The number of imidazole rings is 1. The van der Waals surface area contributed by atoms with Crippen molar-refractivity contribution in [3.8, 4) is 34.0 Å². The van der Waals surface area contributed by atoms with E-state index in [4.69, 9.17) is 9.72 Å². The van der Waals surface area contributed by atoms with Crippen molar-refractivity contribution in [2.24, 2.45) is 0 Å². The summed E-state index contributed by atoms with van der Waals surface area (Å²) in [6, 6.07) is 23.4. The molecule has 0 spiro atoms. The first-order valence-electron chi connectivity index (χ1n) is 10.9. The van der Waals surface area contributed by atoms with Crippen LogP contribution in [0.2, 0.25) is 0 Å². The Morgan fingerprint density at radius 3 is 2.00 bits per heavy atom. The molecule has 0 bridgehead atoms. The summed E-state index contributed by atoms with van der Waals surface area (Å²) in [5, 5.41) is 0. The van der Waals surface area contributed by atoms with Gasteiger partial charge in [0.1, 0.15) is 11.6 Å². The fraction of sp³-hybridized carbons (Fsp3) is 0.250. The number of aromatic nitrogens is 2. The normalized spacial score (nSPS) is 11.3. The van der Waals surface area contributed by atoms with E-state index in [0.29, 0.717) is 11.8 Å². The van der Waals surface area contributed by atoms with E-state index in [1.165, 1.54) is 27.9 Å². The van der Waals surface area contributed by atoms with E-state index in [2.05, 4.69) is 93.1 Å². The Bertz CT molecular complexity index is 1140. The number of ether oxygens (including phenoxy) is 1. The minimum absolute atomic E-state index is 0.365. The second-order valence-corrected chi connectivity index (χ2v) is 8.53. The molecule has 3 nitrogen and oxygen atoms in total. The predicted molar refractivity (Wildman–Crippen MR) is 129 cm³/mol. The van der Waals surface area contributed by atoms with Crippen LogP contribution in [0.15, 0.2) is 79.1 Å². The minimum atomic E-state index is 0.365. The molecule has 158 valence electrons. The largest absolute Gasteiger partial charge is 0.497 e. The third-order valence-electron chi connectivity index (χ3n) is 5.73. The molecule has 4 aromatic rings. The molecule has 0 atom stereocenters. The molecule has 0 fully saturated rings. The van der Waals surface area contributed by atoms with Gasteiger partial charge in [0.25, 0.3) is 0 Å². The summed E-state index contributed by atoms with van der Waals surface area (Å²) in [6.45, 7) is 9.05. The van der Waals surface area contributed by atoms with Crippen molar-refractivity contribution >= 4 is 0 Å². The summed E-state index contributed by atoms with van der Waals surface area (Å²) in [4.78, 5) is 4.71. The Morgan fingerprint density at radius 2 is 1.39 bits per heavy atom. The summed E-state index contributed by atoms with van der Waals surface area (Å²) in [7, 11) is 1.71. The van der Waals surface area contributed by atoms with Gasteiger partial charge in [0.15, 0.2) is 0 Å². The van der Waals surface area contributed by atoms with Crippen LogP contribution in [0.1, 0.15) is 50.7 Å². The molecular formula is C28H30N2O. The van der Waals surface area contributed by atoms with Crippen LogP contribution in [0.3, 0.4) is 0 Å². The molecule has 0 radical (unpaired) electrons. The summed E-state index contributed by atoms with van der Waals surface area (Å²) < 4.78 is 7.73. The van der Waals surface area contributed by atoms with Crippen LogP contribution < -0.4 is 4.74 Å². The van der Waals surface area contributed by atoms with Crippen LogP contribution in [0.5, 0.6) is 5.75 Å². The van der Waals surface area contributed by atoms with Crippen LogP contribution in [-0.4, -0.2) is 16.7 Å². The van der Waals surface area contributed by atoms with Gasteiger partial charge in [-0.25, -0.2) is 4.98 Å². The van der Waals surface area contributed by atoms with Gasteiger partial charge in [-0.05, 0) is 58.4 Å². The average Bonchev–Trinajstić information content (AvgIpc) is 3.28. The van der Waals surface area contributed by atoms with Crippen LogP contribution in [0.4, 0.5) is 0 Å². The molecule has 3 aromatic carbocycles. The van der Waals surface area contributed by atoms with Crippen molar-refractivity contribution in [3.05, 3.63) is 90.3 Å². The quantitative estimate of drug-likeness (QED) is 0.330. The summed E-state index contributed by atoms with van der Waals surface area (Å²) in [6.07, 6.45) is 3.98. The lowest BCUT2D eigenvalue weighted by Gasteiger charge is -2.24.